The second-order valence-electron chi connectivity index (χ2n) is 4.78. The Hall–Kier alpha value is 0.840. The third kappa shape index (κ3) is 1.76. The van der Waals surface area contributed by atoms with E-state index in [2.05, 4.69) is 45.2 Å². The zero-order valence-corrected chi connectivity index (χ0v) is 13.6. The molecule has 17 heavy (non-hydrogen) atoms. The fraction of sp³-hybridized carbons (Fsp3) is 0.800. The van der Waals surface area contributed by atoms with Crippen molar-refractivity contribution < 1.29 is 24.1 Å². The fourth-order valence-corrected chi connectivity index (χ4v) is 3.67. The summed E-state index contributed by atoms with van der Waals surface area (Å²) in [6, 6.07) is 0. The molecular weight excluding hydrogens is 454 g/mol. The van der Waals surface area contributed by atoms with Crippen molar-refractivity contribution in [2.24, 2.45) is 0 Å². The second kappa shape index (κ2) is 3.92. The van der Waals surface area contributed by atoms with Crippen molar-refractivity contribution in [1.82, 2.24) is 0 Å². The molecule has 0 radical (unpaired) electrons. The number of halogens is 2. The van der Waals surface area contributed by atoms with Gasteiger partial charge in [-0.3, -0.25) is 0 Å². The molecule has 3 saturated heterocycles. The lowest BCUT2D eigenvalue weighted by atomic mass is 9.93. The Labute approximate surface area is 126 Å². The number of fused-ring (bicyclic) bond motifs is 3. The van der Waals surface area contributed by atoms with E-state index in [1.807, 2.05) is 0 Å². The summed E-state index contributed by atoms with van der Waals surface area (Å²) in [5.74, 6) is -0.196. The molecule has 0 unspecified atom stereocenters. The van der Waals surface area contributed by atoms with E-state index in [9.17, 15) is 5.11 Å². The minimum atomic E-state index is -1.23. The van der Waals surface area contributed by atoms with Crippen LogP contribution in [0.5, 0.6) is 0 Å². The van der Waals surface area contributed by atoms with Crippen molar-refractivity contribution in [3.63, 3.8) is 0 Å². The van der Waals surface area contributed by atoms with Crippen molar-refractivity contribution in [3.8, 4) is 0 Å². The molecule has 0 aliphatic carbocycles. The van der Waals surface area contributed by atoms with Crippen LogP contribution in [0.1, 0.15) is 13.8 Å². The van der Waals surface area contributed by atoms with Crippen molar-refractivity contribution in [2.45, 2.75) is 43.7 Å². The van der Waals surface area contributed by atoms with E-state index in [1.165, 1.54) is 0 Å². The van der Waals surface area contributed by atoms with Crippen molar-refractivity contribution in [3.05, 3.63) is 7.35 Å². The molecule has 7 heteroatoms. The van der Waals surface area contributed by atoms with E-state index < -0.39 is 29.9 Å². The Kier molecular flexibility index (Phi) is 2.96. The Morgan fingerprint density at radius 3 is 2.71 bits per heavy atom. The fourth-order valence-electron chi connectivity index (χ4n) is 2.50. The van der Waals surface area contributed by atoms with Crippen LogP contribution in [0.25, 0.3) is 0 Å². The summed E-state index contributed by atoms with van der Waals surface area (Å²) in [6.07, 6.45) is -1.46. The minimum absolute atomic E-state index is 0.335. The van der Waals surface area contributed by atoms with Crippen LogP contribution in [0.2, 0.25) is 0 Å². The summed E-state index contributed by atoms with van der Waals surface area (Å²) in [7, 11) is 0. The van der Waals surface area contributed by atoms with Gasteiger partial charge in [0.1, 0.15) is 12.7 Å². The first-order valence-electron chi connectivity index (χ1n) is 5.26. The van der Waals surface area contributed by atoms with Crippen LogP contribution in [0.15, 0.2) is 7.35 Å². The number of aliphatic hydroxyl groups is 1. The first kappa shape index (κ1) is 12.9. The summed E-state index contributed by atoms with van der Waals surface area (Å²) < 4.78 is 23.4. The lowest BCUT2D eigenvalue weighted by Crippen LogP contribution is -2.47. The molecule has 96 valence electrons. The molecule has 0 amide bonds. The molecular formula is C10H12I2O5. The van der Waals surface area contributed by atoms with Crippen LogP contribution < -0.4 is 0 Å². The Balaban J connectivity index is 2.00. The lowest BCUT2D eigenvalue weighted by Gasteiger charge is -2.27. The Morgan fingerprint density at radius 2 is 2.06 bits per heavy atom. The van der Waals surface area contributed by atoms with Crippen LogP contribution in [-0.2, 0) is 18.9 Å². The Morgan fingerprint density at radius 1 is 1.35 bits per heavy atom. The van der Waals surface area contributed by atoms with Crippen LogP contribution in [-0.4, -0.2) is 41.6 Å². The maximum absolute atomic E-state index is 10.8. The SMILES string of the molecule is CC1(C)O[C@H]2O[C@@H]3COC(=C(I)I)[C@]3(O)[C@H]2O1. The zero-order valence-electron chi connectivity index (χ0n) is 9.28. The molecule has 0 aromatic carbocycles. The molecule has 3 fully saturated rings. The van der Waals surface area contributed by atoms with Crippen molar-refractivity contribution in [1.29, 1.82) is 0 Å². The van der Waals surface area contributed by atoms with Gasteiger partial charge in [0.2, 0.25) is 0 Å². The highest BCUT2D eigenvalue weighted by Gasteiger charge is 2.68. The maximum Gasteiger partial charge on any atom is 0.191 e. The summed E-state index contributed by atoms with van der Waals surface area (Å²) >= 11 is 4.25. The first-order chi connectivity index (χ1) is 7.84. The summed E-state index contributed by atoms with van der Waals surface area (Å²) in [5.41, 5.74) is -1.23. The van der Waals surface area contributed by atoms with Crippen LogP contribution in [0.3, 0.4) is 0 Å². The molecule has 1 N–H and O–H groups in total. The second-order valence-corrected chi connectivity index (χ2v) is 9.00. The van der Waals surface area contributed by atoms with Gasteiger partial charge in [-0.15, -0.1) is 0 Å². The van der Waals surface area contributed by atoms with Crippen LogP contribution in [0.4, 0.5) is 0 Å². The maximum atomic E-state index is 10.8. The van der Waals surface area contributed by atoms with Gasteiger partial charge in [-0.25, -0.2) is 0 Å². The highest BCUT2D eigenvalue weighted by atomic mass is 127. The number of ether oxygens (including phenoxy) is 4. The molecule has 3 aliphatic rings. The summed E-state index contributed by atoms with van der Waals surface area (Å²) in [6.45, 7) is 3.95. The predicted octanol–water partition coefficient (Wildman–Crippen LogP) is 1.66. The number of hydrogen-bond donors (Lipinski definition) is 1. The zero-order chi connectivity index (χ0) is 12.4. The van der Waals surface area contributed by atoms with Gasteiger partial charge in [-0.2, -0.15) is 0 Å². The largest absolute Gasteiger partial charge is 0.490 e. The molecule has 5 nitrogen and oxygen atoms in total. The van der Waals surface area contributed by atoms with Gasteiger partial charge in [-0.1, -0.05) is 0 Å². The number of hydrogen-bond acceptors (Lipinski definition) is 5. The summed E-state index contributed by atoms with van der Waals surface area (Å²) in [5, 5.41) is 10.8. The molecule has 0 spiro atoms. The van der Waals surface area contributed by atoms with Gasteiger partial charge < -0.3 is 24.1 Å². The quantitative estimate of drug-likeness (QED) is 0.551. The van der Waals surface area contributed by atoms with Gasteiger partial charge in [-0.05, 0) is 59.0 Å². The monoisotopic (exact) mass is 466 g/mol. The normalized spacial score (nSPS) is 46.6. The van der Waals surface area contributed by atoms with E-state index in [0.29, 0.717) is 12.4 Å². The smallest absolute Gasteiger partial charge is 0.191 e. The Bertz CT molecular complexity index is 392. The summed E-state index contributed by atoms with van der Waals surface area (Å²) in [4.78, 5) is 0. The van der Waals surface area contributed by atoms with E-state index in [1.54, 1.807) is 13.8 Å². The molecule has 0 aromatic heterocycles. The third-order valence-electron chi connectivity index (χ3n) is 3.20. The molecule has 0 aromatic rings. The highest BCUT2D eigenvalue weighted by Crippen LogP contribution is 2.51. The molecule has 3 aliphatic heterocycles. The van der Waals surface area contributed by atoms with E-state index in [0.717, 1.165) is 1.59 Å². The molecule has 3 heterocycles. The van der Waals surface area contributed by atoms with Gasteiger partial charge in [0.05, 0.1) is 1.59 Å². The average Bonchev–Trinajstić information content (AvgIpc) is 2.73. The molecule has 4 atom stereocenters. The van der Waals surface area contributed by atoms with Crippen LogP contribution in [0, 0.1) is 0 Å². The lowest BCUT2D eigenvalue weighted by molar-refractivity contribution is -0.219. The van der Waals surface area contributed by atoms with Crippen molar-refractivity contribution in [2.75, 3.05) is 6.61 Å². The number of rotatable bonds is 0. The first-order valence-corrected chi connectivity index (χ1v) is 7.42. The van der Waals surface area contributed by atoms with Crippen LogP contribution >= 0.6 is 45.2 Å². The predicted molar refractivity (Wildman–Crippen MR) is 74.7 cm³/mol. The minimum Gasteiger partial charge on any atom is -0.490 e. The molecule has 0 bridgehead atoms. The third-order valence-corrected chi connectivity index (χ3v) is 4.18. The van der Waals surface area contributed by atoms with E-state index in [4.69, 9.17) is 18.9 Å². The molecule has 3 rings (SSSR count). The topological polar surface area (TPSA) is 57.2 Å². The highest BCUT2D eigenvalue weighted by molar-refractivity contribution is 14.2. The van der Waals surface area contributed by atoms with Gasteiger partial charge in [0, 0.05) is 0 Å². The van der Waals surface area contributed by atoms with E-state index >= 15 is 0 Å². The van der Waals surface area contributed by atoms with Gasteiger partial charge in [0.15, 0.2) is 29.5 Å². The average molecular weight is 466 g/mol. The van der Waals surface area contributed by atoms with Crippen molar-refractivity contribution >= 4 is 45.2 Å². The standard InChI is InChI=1S/C10H12I2O5/c1-9(2)16-6-8(17-9)15-4-3-14-5(7(11)12)10(4,6)13/h4,6,8,13H,3H2,1-2H3/t4-,6+,8-,10+/m1/s1. The van der Waals surface area contributed by atoms with Gasteiger partial charge in [0.25, 0.3) is 0 Å². The van der Waals surface area contributed by atoms with E-state index in [-0.39, 0.29) is 0 Å². The molecule has 0 saturated carbocycles. The van der Waals surface area contributed by atoms with Gasteiger partial charge >= 0.3 is 0 Å².